The first kappa shape index (κ1) is 15.6. The summed E-state index contributed by atoms with van der Waals surface area (Å²) in [5, 5.41) is 13.2. The maximum absolute atomic E-state index is 9.49. The van der Waals surface area contributed by atoms with Gasteiger partial charge < -0.3 is 10.4 Å². The molecule has 0 aliphatic rings. The number of nitrogens with one attached hydrogen (secondary N) is 1. The summed E-state index contributed by atoms with van der Waals surface area (Å²) in [5.41, 5.74) is 2.42. The highest BCUT2D eigenvalue weighted by atomic mass is 16.3. The summed E-state index contributed by atoms with van der Waals surface area (Å²) in [6, 6.07) is 18.5. The van der Waals surface area contributed by atoms with E-state index in [1.807, 2.05) is 18.2 Å². The Hall–Kier alpha value is -1.80. The normalized spacial score (nSPS) is 14.1. The van der Waals surface area contributed by atoms with E-state index in [-0.39, 0.29) is 6.04 Å². The van der Waals surface area contributed by atoms with Gasteiger partial charge in [-0.1, -0.05) is 56.3 Å². The summed E-state index contributed by atoms with van der Waals surface area (Å²) < 4.78 is 0. The fourth-order valence-electron chi connectivity index (χ4n) is 2.76. The van der Waals surface area contributed by atoms with Crippen molar-refractivity contribution in [3.05, 3.63) is 65.7 Å². The average molecular weight is 283 g/mol. The molecule has 2 unspecified atom stereocenters. The van der Waals surface area contributed by atoms with E-state index in [1.165, 1.54) is 11.1 Å². The van der Waals surface area contributed by atoms with Crippen LogP contribution in [0.5, 0.6) is 5.75 Å². The van der Waals surface area contributed by atoms with Gasteiger partial charge in [-0.15, -0.1) is 0 Å². The van der Waals surface area contributed by atoms with Crippen LogP contribution >= 0.6 is 0 Å². The minimum atomic E-state index is 0.153. The molecule has 0 radical (unpaired) electrons. The Morgan fingerprint density at radius 1 is 0.857 bits per heavy atom. The van der Waals surface area contributed by atoms with Gasteiger partial charge in [0.1, 0.15) is 5.75 Å². The zero-order valence-electron chi connectivity index (χ0n) is 13.1. The average Bonchev–Trinajstić information content (AvgIpc) is 2.46. The van der Waals surface area contributed by atoms with Crippen LogP contribution in [0.25, 0.3) is 0 Å². The topological polar surface area (TPSA) is 32.3 Å². The first-order valence-corrected chi connectivity index (χ1v) is 7.66. The van der Waals surface area contributed by atoms with Gasteiger partial charge >= 0.3 is 0 Å². The first-order chi connectivity index (χ1) is 10.1. The predicted octanol–water partition coefficient (Wildman–Crippen LogP) is 4.51. The lowest BCUT2D eigenvalue weighted by atomic mass is 9.96. The minimum absolute atomic E-state index is 0.153. The lowest BCUT2D eigenvalue weighted by Crippen LogP contribution is -2.32. The van der Waals surface area contributed by atoms with Gasteiger partial charge in [0, 0.05) is 6.04 Å². The fourth-order valence-corrected chi connectivity index (χ4v) is 2.76. The molecule has 0 aliphatic heterocycles. The van der Waals surface area contributed by atoms with Crippen LogP contribution in [0.15, 0.2) is 54.6 Å². The molecule has 0 heterocycles. The van der Waals surface area contributed by atoms with Crippen LogP contribution in [0.3, 0.4) is 0 Å². The molecule has 2 aromatic rings. The van der Waals surface area contributed by atoms with Crippen molar-refractivity contribution in [3.63, 3.8) is 0 Å². The van der Waals surface area contributed by atoms with Crippen molar-refractivity contribution in [1.29, 1.82) is 0 Å². The molecular formula is C19H25NO. The van der Waals surface area contributed by atoms with E-state index in [0.29, 0.717) is 17.7 Å². The number of rotatable bonds is 6. The molecule has 0 amide bonds. The molecule has 0 saturated heterocycles. The lowest BCUT2D eigenvalue weighted by molar-refractivity contribution is 0.417. The van der Waals surface area contributed by atoms with Crippen molar-refractivity contribution in [3.8, 4) is 5.75 Å². The number of benzene rings is 2. The van der Waals surface area contributed by atoms with Crippen LogP contribution in [-0.2, 0) is 0 Å². The van der Waals surface area contributed by atoms with Gasteiger partial charge in [-0.3, -0.25) is 0 Å². The maximum Gasteiger partial charge on any atom is 0.115 e. The fraction of sp³-hybridized carbons (Fsp3) is 0.368. The van der Waals surface area contributed by atoms with E-state index in [9.17, 15) is 5.11 Å². The molecule has 2 N–H and O–H groups in total. The largest absolute Gasteiger partial charge is 0.508 e. The SMILES string of the molecule is CC(C)CC(C)NC(c1ccccc1)c1ccc(O)cc1. The molecule has 2 nitrogen and oxygen atoms in total. The Kier molecular flexibility index (Phi) is 5.40. The molecule has 2 rings (SSSR count). The third-order valence-corrected chi connectivity index (χ3v) is 3.64. The molecule has 0 saturated carbocycles. The van der Waals surface area contributed by atoms with Crippen LogP contribution in [0, 0.1) is 5.92 Å². The van der Waals surface area contributed by atoms with Crippen molar-refractivity contribution in [2.75, 3.05) is 0 Å². The van der Waals surface area contributed by atoms with E-state index in [2.05, 4.69) is 50.4 Å². The maximum atomic E-state index is 9.49. The van der Waals surface area contributed by atoms with E-state index in [1.54, 1.807) is 12.1 Å². The molecule has 112 valence electrons. The number of phenolic OH excluding ortho intramolecular Hbond substituents is 1. The molecule has 0 spiro atoms. The zero-order valence-corrected chi connectivity index (χ0v) is 13.1. The summed E-state index contributed by atoms with van der Waals surface area (Å²) in [6.07, 6.45) is 1.14. The molecule has 0 fully saturated rings. The molecule has 21 heavy (non-hydrogen) atoms. The first-order valence-electron chi connectivity index (χ1n) is 7.66. The van der Waals surface area contributed by atoms with E-state index < -0.39 is 0 Å². The second-order valence-electron chi connectivity index (χ2n) is 6.13. The standard InChI is InChI=1S/C19H25NO/c1-14(2)13-15(3)20-19(16-7-5-4-6-8-16)17-9-11-18(21)12-10-17/h4-12,14-15,19-21H,13H2,1-3H3. The molecule has 0 aliphatic carbocycles. The monoisotopic (exact) mass is 283 g/mol. The summed E-state index contributed by atoms with van der Waals surface area (Å²) in [7, 11) is 0. The smallest absolute Gasteiger partial charge is 0.115 e. The Labute approximate surface area is 127 Å². The van der Waals surface area contributed by atoms with Gasteiger partial charge in [0.2, 0.25) is 0 Å². The summed E-state index contributed by atoms with van der Waals surface area (Å²) in [5.74, 6) is 0.976. The summed E-state index contributed by atoms with van der Waals surface area (Å²) >= 11 is 0. The zero-order chi connectivity index (χ0) is 15.2. The lowest BCUT2D eigenvalue weighted by Gasteiger charge is -2.25. The predicted molar refractivity (Wildman–Crippen MR) is 88.4 cm³/mol. The second-order valence-corrected chi connectivity index (χ2v) is 6.13. The highest BCUT2D eigenvalue weighted by Crippen LogP contribution is 2.25. The Morgan fingerprint density at radius 2 is 1.43 bits per heavy atom. The second kappa shape index (κ2) is 7.28. The number of hydrogen-bond donors (Lipinski definition) is 2. The van der Waals surface area contributed by atoms with Gasteiger partial charge in [0.25, 0.3) is 0 Å². The van der Waals surface area contributed by atoms with Crippen LogP contribution in [0.2, 0.25) is 0 Å². The molecule has 2 heteroatoms. The van der Waals surface area contributed by atoms with Crippen molar-refractivity contribution in [1.82, 2.24) is 5.32 Å². The van der Waals surface area contributed by atoms with Gasteiger partial charge in [-0.05, 0) is 42.5 Å². The van der Waals surface area contributed by atoms with Crippen LogP contribution in [-0.4, -0.2) is 11.1 Å². The van der Waals surface area contributed by atoms with E-state index in [0.717, 1.165) is 6.42 Å². The highest BCUT2D eigenvalue weighted by Gasteiger charge is 2.17. The van der Waals surface area contributed by atoms with Crippen molar-refractivity contribution in [2.45, 2.75) is 39.3 Å². The highest BCUT2D eigenvalue weighted by molar-refractivity contribution is 5.35. The minimum Gasteiger partial charge on any atom is -0.508 e. The van der Waals surface area contributed by atoms with Crippen molar-refractivity contribution < 1.29 is 5.11 Å². The third kappa shape index (κ3) is 4.61. The van der Waals surface area contributed by atoms with Gasteiger partial charge in [0.05, 0.1) is 6.04 Å². The van der Waals surface area contributed by atoms with Crippen LogP contribution in [0.1, 0.15) is 44.4 Å². The van der Waals surface area contributed by atoms with Gasteiger partial charge in [-0.2, -0.15) is 0 Å². The van der Waals surface area contributed by atoms with Crippen molar-refractivity contribution >= 4 is 0 Å². The van der Waals surface area contributed by atoms with Crippen molar-refractivity contribution in [2.24, 2.45) is 5.92 Å². The number of hydrogen-bond acceptors (Lipinski definition) is 2. The third-order valence-electron chi connectivity index (χ3n) is 3.64. The molecule has 2 atom stereocenters. The number of phenols is 1. The molecule has 0 aromatic heterocycles. The van der Waals surface area contributed by atoms with E-state index in [4.69, 9.17) is 0 Å². The Balaban J connectivity index is 2.24. The summed E-state index contributed by atoms with van der Waals surface area (Å²) in [6.45, 7) is 6.73. The van der Waals surface area contributed by atoms with E-state index >= 15 is 0 Å². The summed E-state index contributed by atoms with van der Waals surface area (Å²) in [4.78, 5) is 0. The molecule has 0 bridgehead atoms. The molecular weight excluding hydrogens is 258 g/mol. The Bertz CT molecular complexity index is 533. The van der Waals surface area contributed by atoms with Gasteiger partial charge in [-0.25, -0.2) is 0 Å². The van der Waals surface area contributed by atoms with Crippen LogP contribution in [0.4, 0.5) is 0 Å². The Morgan fingerprint density at radius 3 is 2.00 bits per heavy atom. The quantitative estimate of drug-likeness (QED) is 0.817. The number of aromatic hydroxyl groups is 1. The molecule has 2 aromatic carbocycles. The van der Waals surface area contributed by atoms with Crippen LogP contribution < -0.4 is 5.32 Å². The van der Waals surface area contributed by atoms with Gasteiger partial charge in [0.15, 0.2) is 0 Å².